The van der Waals surface area contributed by atoms with E-state index in [4.69, 9.17) is 5.73 Å². The van der Waals surface area contributed by atoms with Crippen LogP contribution in [-0.4, -0.2) is 4.98 Å². The molecule has 0 bridgehead atoms. The van der Waals surface area contributed by atoms with Gasteiger partial charge in [-0.2, -0.15) is 0 Å². The molecular formula is C13H22N2. The van der Waals surface area contributed by atoms with Gasteiger partial charge in [-0.05, 0) is 37.0 Å². The Bertz CT molecular complexity index is 296. The van der Waals surface area contributed by atoms with Crippen molar-refractivity contribution >= 4 is 0 Å². The Morgan fingerprint density at radius 2 is 2.20 bits per heavy atom. The van der Waals surface area contributed by atoms with Gasteiger partial charge in [-0.1, -0.05) is 26.7 Å². The van der Waals surface area contributed by atoms with E-state index in [9.17, 15) is 0 Å². The number of rotatable bonds is 5. The molecule has 1 heterocycles. The fourth-order valence-electron chi connectivity index (χ4n) is 1.93. The second-order valence-corrected chi connectivity index (χ2v) is 4.49. The zero-order chi connectivity index (χ0) is 11.3. The van der Waals surface area contributed by atoms with E-state index in [0.29, 0.717) is 5.92 Å². The number of pyridine rings is 1. The summed E-state index contributed by atoms with van der Waals surface area (Å²) >= 11 is 0. The largest absolute Gasteiger partial charge is 0.323 e. The summed E-state index contributed by atoms with van der Waals surface area (Å²) in [6.07, 6.45) is 5.36. The number of aromatic nitrogens is 1. The van der Waals surface area contributed by atoms with Crippen molar-refractivity contribution in [3.8, 4) is 0 Å². The molecule has 2 atom stereocenters. The highest BCUT2D eigenvalue weighted by Crippen LogP contribution is 2.20. The van der Waals surface area contributed by atoms with Crippen LogP contribution in [0.2, 0.25) is 0 Å². The monoisotopic (exact) mass is 206 g/mol. The molecule has 2 heteroatoms. The van der Waals surface area contributed by atoms with Crippen molar-refractivity contribution in [1.29, 1.82) is 0 Å². The summed E-state index contributed by atoms with van der Waals surface area (Å²) in [5.41, 5.74) is 8.39. The van der Waals surface area contributed by atoms with Crippen LogP contribution in [0, 0.1) is 12.8 Å². The zero-order valence-electron chi connectivity index (χ0n) is 10.0. The molecule has 0 aliphatic carbocycles. The zero-order valence-corrected chi connectivity index (χ0v) is 10.0. The number of hydrogen-bond donors (Lipinski definition) is 1. The summed E-state index contributed by atoms with van der Waals surface area (Å²) in [4.78, 5) is 4.33. The van der Waals surface area contributed by atoms with Crippen LogP contribution in [0.4, 0.5) is 0 Å². The van der Waals surface area contributed by atoms with E-state index in [0.717, 1.165) is 12.1 Å². The average Bonchev–Trinajstić information content (AvgIpc) is 2.18. The van der Waals surface area contributed by atoms with Gasteiger partial charge in [0.15, 0.2) is 0 Å². The maximum atomic E-state index is 6.13. The summed E-state index contributed by atoms with van der Waals surface area (Å²) in [5, 5.41) is 0. The minimum absolute atomic E-state index is 0.0893. The lowest BCUT2D eigenvalue weighted by Gasteiger charge is -2.16. The van der Waals surface area contributed by atoms with Gasteiger partial charge in [-0.15, -0.1) is 0 Å². The normalized spacial score (nSPS) is 14.9. The highest BCUT2D eigenvalue weighted by atomic mass is 14.8. The van der Waals surface area contributed by atoms with Gasteiger partial charge in [-0.3, -0.25) is 4.98 Å². The minimum atomic E-state index is 0.0893. The molecular weight excluding hydrogens is 184 g/mol. The molecule has 0 aromatic carbocycles. The molecule has 2 nitrogen and oxygen atoms in total. The fraction of sp³-hybridized carbons (Fsp3) is 0.615. The van der Waals surface area contributed by atoms with E-state index in [1.165, 1.54) is 18.4 Å². The molecule has 0 saturated carbocycles. The summed E-state index contributed by atoms with van der Waals surface area (Å²) in [5.74, 6) is 0.687. The molecule has 0 saturated heterocycles. The lowest BCUT2D eigenvalue weighted by atomic mass is 9.95. The Labute approximate surface area is 92.9 Å². The molecule has 1 aromatic rings. The van der Waals surface area contributed by atoms with Crippen molar-refractivity contribution in [3.05, 3.63) is 29.6 Å². The van der Waals surface area contributed by atoms with E-state index in [1.807, 2.05) is 12.3 Å². The Morgan fingerprint density at radius 1 is 1.47 bits per heavy atom. The van der Waals surface area contributed by atoms with Crippen LogP contribution in [-0.2, 0) is 0 Å². The van der Waals surface area contributed by atoms with Crippen molar-refractivity contribution in [3.63, 3.8) is 0 Å². The van der Waals surface area contributed by atoms with Crippen LogP contribution in [0.3, 0.4) is 0 Å². The maximum Gasteiger partial charge on any atom is 0.0573 e. The average molecular weight is 206 g/mol. The van der Waals surface area contributed by atoms with Crippen molar-refractivity contribution in [2.45, 2.75) is 46.1 Å². The van der Waals surface area contributed by atoms with Crippen molar-refractivity contribution in [2.75, 3.05) is 0 Å². The van der Waals surface area contributed by atoms with Gasteiger partial charge >= 0.3 is 0 Å². The lowest BCUT2D eigenvalue weighted by Crippen LogP contribution is -2.15. The van der Waals surface area contributed by atoms with Gasteiger partial charge in [0.25, 0.3) is 0 Å². The van der Waals surface area contributed by atoms with Gasteiger partial charge in [0.1, 0.15) is 0 Å². The first-order chi connectivity index (χ1) is 7.13. The first kappa shape index (κ1) is 12.2. The Morgan fingerprint density at radius 3 is 2.80 bits per heavy atom. The van der Waals surface area contributed by atoms with Crippen LogP contribution >= 0.6 is 0 Å². The predicted molar refractivity (Wildman–Crippen MR) is 64.6 cm³/mol. The first-order valence-electron chi connectivity index (χ1n) is 5.81. The number of hydrogen-bond acceptors (Lipinski definition) is 2. The highest BCUT2D eigenvalue weighted by molar-refractivity contribution is 5.16. The summed E-state index contributed by atoms with van der Waals surface area (Å²) in [7, 11) is 0. The first-order valence-corrected chi connectivity index (χ1v) is 5.81. The van der Waals surface area contributed by atoms with Gasteiger partial charge in [-0.25, -0.2) is 0 Å². The third-order valence-corrected chi connectivity index (χ3v) is 2.75. The number of nitrogens with two attached hydrogens (primary N) is 1. The van der Waals surface area contributed by atoms with Crippen molar-refractivity contribution in [1.82, 2.24) is 4.98 Å². The van der Waals surface area contributed by atoms with Gasteiger partial charge < -0.3 is 5.73 Å². The quantitative estimate of drug-likeness (QED) is 0.803. The molecule has 1 aromatic heterocycles. The Kier molecular flexibility index (Phi) is 4.76. The highest BCUT2D eigenvalue weighted by Gasteiger charge is 2.11. The molecule has 0 fully saturated rings. The summed E-state index contributed by atoms with van der Waals surface area (Å²) < 4.78 is 0. The molecule has 0 amide bonds. The van der Waals surface area contributed by atoms with E-state index < -0.39 is 0 Å². The molecule has 84 valence electrons. The van der Waals surface area contributed by atoms with Gasteiger partial charge in [0.05, 0.1) is 5.69 Å². The SMILES string of the molecule is CCCC(C)CC(N)c1cc(C)ccn1. The van der Waals surface area contributed by atoms with Crippen LogP contribution in [0.25, 0.3) is 0 Å². The predicted octanol–water partition coefficient (Wildman–Crippen LogP) is 3.22. The molecule has 15 heavy (non-hydrogen) atoms. The smallest absolute Gasteiger partial charge is 0.0573 e. The van der Waals surface area contributed by atoms with E-state index in [1.54, 1.807) is 0 Å². The van der Waals surface area contributed by atoms with E-state index in [2.05, 4.69) is 31.8 Å². The van der Waals surface area contributed by atoms with Gasteiger partial charge in [0.2, 0.25) is 0 Å². The van der Waals surface area contributed by atoms with E-state index in [-0.39, 0.29) is 6.04 Å². The van der Waals surface area contributed by atoms with Crippen molar-refractivity contribution < 1.29 is 0 Å². The van der Waals surface area contributed by atoms with Crippen LogP contribution in [0.1, 0.15) is 50.4 Å². The molecule has 2 unspecified atom stereocenters. The van der Waals surface area contributed by atoms with E-state index >= 15 is 0 Å². The number of aryl methyl sites for hydroxylation is 1. The third kappa shape index (κ3) is 4.00. The van der Waals surface area contributed by atoms with Crippen LogP contribution in [0.15, 0.2) is 18.3 Å². The third-order valence-electron chi connectivity index (χ3n) is 2.75. The lowest BCUT2D eigenvalue weighted by molar-refractivity contribution is 0.436. The summed E-state index contributed by atoms with van der Waals surface area (Å²) in [6, 6.07) is 4.18. The summed E-state index contributed by atoms with van der Waals surface area (Å²) in [6.45, 7) is 6.56. The topological polar surface area (TPSA) is 38.9 Å². The molecule has 0 spiro atoms. The minimum Gasteiger partial charge on any atom is -0.323 e. The molecule has 0 radical (unpaired) electrons. The fourth-order valence-corrected chi connectivity index (χ4v) is 1.93. The van der Waals surface area contributed by atoms with Crippen LogP contribution in [0.5, 0.6) is 0 Å². The second-order valence-electron chi connectivity index (χ2n) is 4.49. The Hall–Kier alpha value is -0.890. The second kappa shape index (κ2) is 5.86. The Balaban J connectivity index is 2.56. The molecule has 2 N–H and O–H groups in total. The maximum absolute atomic E-state index is 6.13. The van der Waals surface area contributed by atoms with Crippen molar-refractivity contribution in [2.24, 2.45) is 11.7 Å². The van der Waals surface area contributed by atoms with Crippen LogP contribution < -0.4 is 5.73 Å². The standard InChI is InChI=1S/C13H22N2/c1-4-5-10(2)8-12(14)13-9-11(3)6-7-15-13/h6-7,9-10,12H,4-5,8,14H2,1-3H3. The molecule has 0 aliphatic heterocycles. The molecule has 0 aliphatic rings. The number of nitrogens with zero attached hydrogens (tertiary/aromatic N) is 1. The van der Waals surface area contributed by atoms with Gasteiger partial charge in [0, 0.05) is 12.2 Å². The molecule has 1 rings (SSSR count).